The van der Waals surface area contributed by atoms with Gasteiger partial charge in [-0.25, -0.2) is 8.42 Å². The van der Waals surface area contributed by atoms with E-state index in [1.54, 1.807) is 0 Å². The van der Waals surface area contributed by atoms with E-state index < -0.39 is 9.84 Å². The molecule has 0 heterocycles. The second-order valence-electron chi connectivity index (χ2n) is 6.76. The molecule has 2 aromatic carbocycles. The third-order valence-corrected chi connectivity index (χ3v) is 5.23. The Bertz CT molecular complexity index is 807. The number of nitrogens with one attached hydrogen (secondary N) is 2. The van der Waals surface area contributed by atoms with Crippen LogP contribution in [0.25, 0.3) is 0 Å². The lowest BCUT2D eigenvalue weighted by Gasteiger charge is -2.18. The Morgan fingerprint density at radius 2 is 1.53 bits per heavy atom. The van der Waals surface area contributed by atoms with Crippen molar-refractivity contribution >= 4 is 39.8 Å². The van der Waals surface area contributed by atoms with Gasteiger partial charge in [-0.15, -0.1) is 24.0 Å². The Balaban J connectivity index is 0.00000450. The van der Waals surface area contributed by atoms with Crippen LogP contribution in [0.2, 0.25) is 0 Å². The molecular weight excluding hydrogens is 513 g/mol. The maximum atomic E-state index is 11.1. The minimum absolute atomic E-state index is 0. The number of aliphatic imine (C=N–C) groups is 1. The van der Waals surface area contributed by atoms with E-state index >= 15 is 0 Å². The lowest BCUT2D eigenvalue weighted by Crippen LogP contribution is -2.39. The van der Waals surface area contributed by atoms with Crippen molar-refractivity contribution in [2.75, 3.05) is 44.9 Å². The van der Waals surface area contributed by atoms with Gasteiger partial charge in [-0.2, -0.15) is 0 Å². The molecule has 0 aliphatic heterocycles. The van der Waals surface area contributed by atoms with Crippen LogP contribution in [0.4, 0.5) is 0 Å². The highest BCUT2D eigenvalue weighted by atomic mass is 127. The number of hydrogen-bond acceptors (Lipinski definition) is 4. The van der Waals surface area contributed by atoms with Crippen LogP contribution in [-0.4, -0.2) is 59.2 Å². The molecule has 0 aromatic heterocycles. The van der Waals surface area contributed by atoms with Crippen LogP contribution in [0.1, 0.15) is 24.0 Å². The number of nitrogens with zero attached hydrogens (tertiary/aromatic N) is 1. The average molecular weight is 545 g/mol. The van der Waals surface area contributed by atoms with Crippen LogP contribution < -0.4 is 10.6 Å². The average Bonchev–Trinajstić information content (AvgIpc) is 2.71. The molecule has 2 rings (SSSR count). The molecule has 0 atom stereocenters. The molecule has 2 aromatic rings. The van der Waals surface area contributed by atoms with E-state index in [-0.39, 0.29) is 42.3 Å². The molecule has 0 radical (unpaired) electrons. The fourth-order valence-electron chi connectivity index (χ4n) is 2.85. The molecule has 0 spiro atoms. The summed E-state index contributed by atoms with van der Waals surface area (Å²) in [4.78, 5) is 4.77. The number of halogens is 1. The normalized spacial score (nSPS) is 11.8. The number of benzene rings is 2. The van der Waals surface area contributed by atoms with Crippen molar-refractivity contribution in [2.24, 2.45) is 4.99 Å². The van der Waals surface area contributed by atoms with Gasteiger partial charge in [-0.1, -0.05) is 60.7 Å². The predicted molar refractivity (Wildman–Crippen MR) is 135 cm³/mol. The van der Waals surface area contributed by atoms with Gasteiger partial charge < -0.3 is 15.4 Å². The lowest BCUT2D eigenvalue weighted by atomic mass is 9.91. The van der Waals surface area contributed by atoms with Crippen molar-refractivity contribution in [2.45, 2.75) is 12.8 Å². The molecule has 0 aliphatic rings. The molecule has 0 fully saturated rings. The van der Waals surface area contributed by atoms with E-state index in [1.807, 2.05) is 43.3 Å². The van der Waals surface area contributed by atoms with Crippen molar-refractivity contribution in [3.05, 3.63) is 71.8 Å². The summed E-state index contributed by atoms with van der Waals surface area (Å²) in [5.41, 5.74) is 2.45. The topological polar surface area (TPSA) is 79.8 Å². The quantitative estimate of drug-likeness (QED) is 0.197. The second kappa shape index (κ2) is 14.4. The molecule has 30 heavy (non-hydrogen) atoms. The van der Waals surface area contributed by atoms with E-state index in [2.05, 4.69) is 34.9 Å². The van der Waals surface area contributed by atoms with Gasteiger partial charge in [0.1, 0.15) is 9.84 Å². The molecule has 0 saturated heterocycles. The zero-order chi connectivity index (χ0) is 21.0. The molecule has 0 bridgehead atoms. The van der Waals surface area contributed by atoms with Gasteiger partial charge in [0.25, 0.3) is 0 Å². The number of sulfone groups is 1. The van der Waals surface area contributed by atoms with Gasteiger partial charge in [0.15, 0.2) is 5.96 Å². The minimum Gasteiger partial charge on any atom is -0.379 e. The van der Waals surface area contributed by atoms with E-state index in [1.165, 1.54) is 17.4 Å². The first kappa shape index (κ1) is 26.4. The first-order chi connectivity index (χ1) is 14.0. The molecule has 6 nitrogen and oxygen atoms in total. The predicted octanol–water partition coefficient (Wildman–Crippen LogP) is 3.05. The Kier molecular flexibility index (Phi) is 12.6. The van der Waals surface area contributed by atoms with Gasteiger partial charge in [0.05, 0.1) is 25.5 Å². The SMILES string of the molecule is CCNC(=NCC(c1ccccc1)c1ccccc1)NCCOCCS(C)(=O)=O.I. The fourth-order valence-corrected chi connectivity index (χ4v) is 3.27. The van der Waals surface area contributed by atoms with Crippen molar-refractivity contribution < 1.29 is 13.2 Å². The van der Waals surface area contributed by atoms with Crippen molar-refractivity contribution in [3.8, 4) is 0 Å². The highest BCUT2D eigenvalue weighted by Gasteiger charge is 2.13. The van der Waals surface area contributed by atoms with Crippen LogP contribution in [-0.2, 0) is 14.6 Å². The maximum Gasteiger partial charge on any atom is 0.191 e. The van der Waals surface area contributed by atoms with Gasteiger partial charge in [0, 0.05) is 25.3 Å². The summed E-state index contributed by atoms with van der Waals surface area (Å²) in [5.74, 6) is 0.923. The standard InChI is InChI=1S/C22H31N3O3S.HI/c1-3-23-22(24-14-15-28-16-17-29(2,26)27)25-18-21(19-10-6-4-7-11-19)20-12-8-5-9-13-20;/h4-13,21H,3,14-18H2,1-2H3,(H2,23,24,25);1H. The highest BCUT2D eigenvalue weighted by Crippen LogP contribution is 2.24. The van der Waals surface area contributed by atoms with Gasteiger partial charge in [0.2, 0.25) is 0 Å². The number of rotatable bonds is 11. The number of hydrogen-bond donors (Lipinski definition) is 2. The van der Waals surface area contributed by atoms with Crippen LogP contribution in [0, 0.1) is 0 Å². The van der Waals surface area contributed by atoms with Gasteiger partial charge in [-0.05, 0) is 18.1 Å². The Labute approximate surface area is 197 Å². The molecule has 0 saturated carbocycles. The second-order valence-corrected chi connectivity index (χ2v) is 9.02. The smallest absolute Gasteiger partial charge is 0.191 e. The van der Waals surface area contributed by atoms with Crippen LogP contribution >= 0.6 is 24.0 Å². The van der Waals surface area contributed by atoms with Gasteiger partial charge in [-0.3, -0.25) is 4.99 Å². The minimum atomic E-state index is -2.99. The lowest BCUT2D eigenvalue weighted by molar-refractivity contribution is 0.154. The van der Waals surface area contributed by atoms with Gasteiger partial charge >= 0.3 is 0 Å². The summed E-state index contributed by atoms with van der Waals surface area (Å²) in [5, 5.41) is 6.48. The van der Waals surface area contributed by atoms with E-state index in [9.17, 15) is 8.42 Å². The van der Waals surface area contributed by atoms with Crippen molar-refractivity contribution in [1.29, 1.82) is 0 Å². The molecule has 0 amide bonds. The van der Waals surface area contributed by atoms with Crippen molar-refractivity contribution in [1.82, 2.24) is 10.6 Å². The largest absolute Gasteiger partial charge is 0.379 e. The molecule has 8 heteroatoms. The Hall–Kier alpha value is -1.65. The number of guanidine groups is 1. The van der Waals surface area contributed by atoms with E-state index in [4.69, 9.17) is 9.73 Å². The summed E-state index contributed by atoms with van der Waals surface area (Å²) < 4.78 is 27.6. The first-order valence-corrected chi connectivity index (χ1v) is 11.9. The highest BCUT2D eigenvalue weighted by molar-refractivity contribution is 14.0. The van der Waals surface area contributed by atoms with Crippen molar-refractivity contribution in [3.63, 3.8) is 0 Å². The number of ether oxygens (including phenoxy) is 1. The maximum absolute atomic E-state index is 11.1. The zero-order valence-electron chi connectivity index (χ0n) is 17.6. The molecule has 2 N–H and O–H groups in total. The Morgan fingerprint density at radius 1 is 0.967 bits per heavy atom. The monoisotopic (exact) mass is 545 g/mol. The summed E-state index contributed by atoms with van der Waals surface area (Å²) in [7, 11) is -2.99. The van der Waals surface area contributed by atoms with E-state index in [0.717, 1.165) is 12.5 Å². The van der Waals surface area contributed by atoms with Crippen LogP contribution in [0.3, 0.4) is 0 Å². The summed E-state index contributed by atoms with van der Waals surface area (Å²) in [6.07, 6.45) is 1.21. The summed E-state index contributed by atoms with van der Waals surface area (Å²) in [6.45, 7) is 4.56. The van der Waals surface area contributed by atoms with E-state index in [0.29, 0.717) is 19.7 Å². The summed E-state index contributed by atoms with van der Waals surface area (Å²) in [6, 6.07) is 20.7. The van der Waals surface area contributed by atoms with Crippen LogP contribution in [0.15, 0.2) is 65.7 Å². The fraction of sp³-hybridized carbons (Fsp3) is 0.409. The molecule has 166 valence electrons. The zero-order valence-corrected chi connectivity index (χ0v) is 20.7. The molecule has 0 unspecified atom stereocenters. The Morgan fingerprint density at radius 3 is 2.03 bits per heavy atom. The molecule has 0 aliphatic carbocycles. The van der Waals surface area contributed by atoms with Crippen LogP contribution in [0.5, 0.6) is 0 Å². The third kappa shape index (κ3) is 10.4. The third-order valence-electron chi connectivity index (χ3n) is 4.32. The molecular formula is C22H32IN3O3S. The first-order valence-electron chi connectivity index (χ1n) is 9.87. The summed E-state index contributed by atoms with van der Waals surface area (Å²) >= 11 is 0.